The van der Waals surface area contributed by atoms with Crippen LogP contribution in [0.3, 0.4) is 0 Å². The van der Waals surface area contributed by atoms with Gasteiger partial charge in [0.15, 0.2) is 6.61 Å². The van der Waals surface area contributed by atoms with Crippen molar-refractivity contribution in [2.24, 2.45) is 0 Å². The van der Waals surface area contributed by atoms with Crippen LogP contribution in [0.15, 0.2) is 72.8 Å². The molecular formula is C29H33ClN2O3. The van der Waals surface area contributed by atoms with Gasteiger partial charge in [-0.25, -0.2) is 0 Å². The molecule has 6 heteroatoms. The molecule has 3 rings (SSSR count). The highest BCUT2D eigenvalue weighted by Gasteiger charge is 2.31. The van der Waals surface area contributed by atoms with Crippen molar-refractivity contribution in [2.45, 2.75) is 52.7 Å². The zero-order chi connectivity index (χ0) is 25.4. The Morgan fingerprint density at radius 2 is 1.46 bits per heavy atom. The van der Waals surface area contributed by atoms with Crippen molar-refractivity contribution in [2.75, 3.05) is 6.61 Å². The van der Waals surface area contributed by atoms with E-state index in [1.165, 1.54) is 0 Å². The standard InChI is InChI=1S/C29H33ClN2O3/c1-20(2)31-29(34)26(17-23-11-7-5-8-12-23)32(18-24-13-9-6-10-14-24)27(33)19-35-25-15-21(3)28(30)22(4)16-25/h5-16,20,26H,17-19H2,1-4H3,(H,31,34). The summed E-state index contributed by atoms with van der Waals surface area (Å²) in [7, 11) is 0. The Hall–Kier alpha value is -3.31. The maximum Gasteiger partial charge on any atom is 0.261 e. The van der Waals surface area contributed by atoms with Crippen molar-refractivity contribution < 1.29 is 14.3 Å². The summed E-state index contributed by atoms with van der Waals surface area (Å²) < 4.78 is 5.88. The third-order valence-electron chi connectivity index (χ3n) is 5.67. The van der Waals surface area contributed by atoms with Crippen molar-refractivity contribution in [1.29, 1.82) is 0 Å². The fraction of sp³-hybridized carbons (Fsp3) is 0.310. The fourth-order valence-electron chi connectivity index (χ4n) is 3.93. The Kier molecular flexibility index (Phi) is 9.32. The average molecular weight is 493 g/mol. The number of nitrogens with zero attached hydrogens (tertiary/aromatic N) is 1. The lowest BCUT2D eigenvalue weighted by atomic mass is 10.0. The molecule has 2 amide bonds. The van der Waals surface area contributed by atoms with E-state index < -0.39 is 6.04 Å². The number of amides is 2. The molecule has 0 aliphatic heterocycles. The molecule has 1 unspecified atom stereocenters. The Bertz CT molecular complexity index is 1110. The number of aryl methyl sites for hydroxylation is 2. The summed E-state index contributed by atoms with van der Waals surface area (Å²) in [4.78, 5) is 28.5. The van der Waals surface area contributed by atoms with E-state index in [1.54, 1.807) is 4.90 Å². The molecule has 1 N–H and O–H groups in total. The molecule has 184 valence electrons. The minimum atomic E-state index is -0.690. The van der Waals surface area contributed by atoms with Crippen molar-refractivity contribution in [1.82, 2.24) is 10.2 Å². The number of rotatable bonds is 10. The summed E-state index contributed by atoms with van der Waals surface area (Å²) in [5.41, 5.74) is 3.68. The van der Waals surface area contributed by atoms with Crippen LogP contribution in [-0.4, -0.2) is 35.4 Å². The molecule has 3 aromatic rings. The smallest absolute Gasteiger partial charge is 0.261 e. The predicted molar refractivity (Wildman–Crippen MR) is 141 cm³/mol. The Labute approximate surface area is 213 Å². The lowest BCUT2D eigenvalue weighted by Gasteiger charge is -2.32. The first-order chi connectivity index (χ1) is 16.7. The van der Waals surface area contributed by atoms with Gasteiger partial charge in [0.2, 0.25) is 5.91 Å². The van der Waals surface area contributed by atoms with Gasteiger partial charge in [0, 0.05) is 24.0 Å². The molecular weight excluding hydrogens is 460 g/mol. The van der Waals surface area contributed by atoms with Crippen LogP contribution in [0.1, 0.15) is 36.1 Å². The molecule has 0 fully saturated rings. The van der Waals surface area contributed by atoms with Crippen molar-refractivity contribution in [3.05, 3.63) is 100 Å². The minimum absolute atomic E-state index is 0.0503. The lowest BCUT2D eigenvalue weighted by Crippen LogP contribution is -2.52. The van der Waals surface area contributed by atoms with Gasteiger partial charge in [-0.3, -0.25) is 9.59 Å². The van der Waals surface area contributed by atoms with Crippen molar-refractivity contribution >= 4 is 23.4 Å². The lowest BCUT2D eigenvalue weighted by molar-refractivity contribution is -0.143. The largest absolute Gasteiger partial charge is 0.484 e. The molecule has 0 aliphatic rings. The van der Waals surface area contributed by atoms with Gasteiger partial charge in [-0.15, -0.1) is 0 Å². The number of hydrogen-bond donors (Lipinski definition) is 1. The van der Waals surface area contributed by atoms with E-state index in [4.69, 9.17) is 16.3 Å². The van der Waals surface area contributed by atoms with Gasteiger partial charge in [0.1, 0.15) is 11.8 Å². The normalized spacial score (nSPS) is 11.7. The molecule has 0 aromatic heterocycles. The maximum absolute atomic E-state index is 13.6. The number of hydrogen-bond acceptors (Lipinski definition) is 3. The van der Waals surface area contributed by atoms with E-state index in [0.717, 1.165) is 22.3 Å². The fourth-order valence-corrected chi connectivity index (χ4v) is 4.04. The van der Waals surface area contributed by atoms with Crippen LogP contribution >= 0.6 is 11.6 Å². The molecule has 0 spiro atoms. The molecule has 3 aromatic carbocycles. The summed E-state index contributed by atoms with van der Waals surface area (Å²) >= 11 is 6.27. The maximum atomic E-state index is 13.6. The highest BCUT2D eigenvalue weighted by atomic mass is 35.5. The molecule has 0 saturated heterocycles. The molecule has 0 saturated carbocycles. The molecule has 1 atom stereocenters. The molecule has 0 bridgehead atoms. The second-order valence-corrected chi connectivity index (χ2v) is 9.41. The molecule has 35 heavy (non-hydrogen) atoms. The minimum Gasteiger partial charge on any atom is -0.484 e. The summed E-state index contributed by atoms with van der Waals surface area (Å²) in [6.45, 7) is 7.73. The molecule has 0 heterocycles. The van der Waals surface area contributed by atoms with Crippen LogP contribution in [-0.2, 0) is 22.6 Å². The monoisotopic (exact) mass is 492 g/mol. The van der Waals surface area contributed by atoms with E-state index in [-0.39, 0.29) is 24.5 Å². The van der Waals surface area contributed by atoms with Crippen molar-refractivity contribution in [3.8, 4) is 5.75 Å². The zero-order valence-electron chi connectivity index (χ0n) is 20.8. The van der Waals surface area contributed by atoms with Crippen LogP contribution in [0.5, 0.6) is 5.75 Å². The second kappa shape index (κ2) is 12.4. The van der Waals surface area contributed by atoms with Gasteiger partial charge in [0.05, 0.1) is 0 Å². The van der Waals surface area contributed by atoms with Gasteiger partial charge in [-0.2, -0.15) is 0 Å². The summed E-state index contributed by atoms with van der Waals surface area (Å²) in [5.74, 6) is 0.119. The topological polar surface area (TPSA) is 58.6 Å². The van der Waals surface area contributed by atoms with Gasteiger partial charge >= 0.3 is 0 Å². The number of benzene rings is 3. The summed E-state index contributed by atoms with van der Waals surface area (Å²) in [6, 6.07) is 22.3. The van der Waals surface area contributed by atoms with Crippen LogP contribution in [0.25, 0.3) is 0 Å². The van der Waals surface area contributed by atoms with Crippen LogP contribution in [0, 0.1) is 13.8 Å². The number of ether oxygens (including phenoxy) is 1. The summed E-state index contributed by atoms with van der Waals surface area (Å²) in [5, 5.41) is 3.67. The first-order valence-electron chi connectivity index (χ1n) is 11.8. The SMILES string of the molecule is Cc1cc(OCC(=O)N(Cc2ccccc2)C(Cc2ccccc2)C(=O)NC(C)C)cc(C)c1Cl. The van der Waals surface area contributed by atoms with Crippen molar-refractivity contribution in [3.63, 3.8) is 0 Å². The Morgan fingerprint density at radius 1 is 0.914 bits per heavy atom. The van der Waals surface area contributed by atoms with E-state index in [9.17, 15) is 9.59 Å². The third kappa shape index (κ3) is 7.59. The predicted octanol–water partition coefficient (Wildman–Crippen LogP) is 5.50. The average Bonchev–Trinajstić information content (AvgIpc) is 2.84. The zero-order valence-corrected chi connectivity index (χ0v) is 21.5. The van der Waals surface area contributed by atoms with Gasteiger partial charge < -0.3 is 15.0 Å². The van der Waals surface area contributed by atoms with E-state index in [2.05, 4.69) is 5.32 Å². The van der Waals surface area contributed by atoms with Gasteiger partial charge in [-0.05, 0) is 62.1 Å². The van der Waals surface area contributed by atoms with E-state index >= 15 is 0 Å². The van der Waals surface area contributed by atoms with Crippen LogP contribution < -0.4 is 10.1 Å². The highest BCUT2D eigenvalue weighted by Crippen LogP contribution is 2.26. The number of carbonyl (C=O) groups is 2. The quantitative estimate of drug-likeness (QED) is 0.406. The van der Waals surface area contributed by atoms with Crippen LogP contribution in [0.2, 0.25) is 5.02 Å². The second-order valence-electron chi connectivity index (χ2n) is 9.04. The highest BCUT2D eigenvalue weighted by molar-refractivity contribution is 6.32. The summed E-state index contributed by atoms with van der Waals surface area (Å²) in [6.07, 6.45) is 0.400. The first-order valence-corrected chi connectivity index (χ1v) is 12.2. The molecule has 5 nitrogen and oxygen atoms in total. The van der Waals surface area contributed by atoms with E-state index in [1.807, 2.05) is 100 Å². The van der Waals surface area contributed by atoms with Gasteiger partial charge in [-0.1, -0.05) is 72.3 Å². The third-order valence-corrected chi connectivity index (χ3v) is 6.27. The molecule has 0 radical (unpaired) electrons. The first kappa shape index (κ1) is 26.3. The Morgan fingerprint density at radius 3 is 2.00 bits per heavy atom. The van der Waals surface area contributed by atoms with Crippen LogP contribution in [0.4, 0.5) is 0 Å². The number of halogens is 1. The number of carbonyl (C=O) groups excluding carboxylic acids is 2. The molecule has 0 aliphatic carbocycles. The van der Waals surface area contributed by atoms with Gasteiger partial charge in [0.25, 0.3) is 5.91 Å². The van der Waals surface area contributed by atoms with E-state index in [0.29, 0.717) is 23.7 Å². The Balaban J connectivity index is 1.90. The number of nitrogens with one attached hydrogen (secondary N) is 1.